The Balaban J connectivity index is 1.60. The van der Waals surface area contributed by atoms with Crippen molar-refractivity contribution in [3.05, 3.63) is 64.2 Å². The molecule has 6 nitrogen and oxygen atoms in total. The van der Waals surface area contributed by atoms with Crippen molar-refractivity contribution >= 4 is 27.3 Å². The van der Waals surface area contributed by atoms with Gasteiger partial charge in [-0.05, 0) is 82.1 Å². The van der Waals surface area contributed by atoms with Crippen molar-refractivity contribution in [3.8, 4) is 0 Å². The average Bonchev–Trinajstić information content (AvgIpc) is 2.72. The molecule has 1 heterocycles. The molecule has 1 fully saturated rings. The van der Waals surface area contributed by atoms with Crippen LogP contribution in [0.4, 0.5) is 5.69 Å². The lowest BCUT2D eigenvalue weighted by atomic mass is 9.81. The Morgan fingerprint density at radius 1 is 1.00 bits per heavy atom. The zero-order valence-corrected chi connectivity index (χ0v) is 21.9. The summed E-state index contributed by atoms with van der Waals surface area (Å²) in [5, 5.41) is 0. The standard InChI is InChI=1S/C27H36N2O4S/c1-18-15-19(2)24(20(3)16-18)25(30)21-11-13-29(14-12-21)17-27(4,5)26(31)22-7-9-23(10-8-22)28-34(6,32)33/h7-10,15-16,21,28H,11-14,17H2,1-6H3. The Morgan fingerprint density at radius 2 is 1.53 bits per heavy atom. The highest BCUT2D eigenvalue weighted by molar-refractivity contribution is 7.92. The van der Waals surface area contributed by atoms with E-state index >= 15 is 0 Å². The molecule has 0 spiro atoms. The number of nitrogens with zero attached hydrogens (tertiary/aromatic N) is 1. The van der Waals surface area contributed by atoms with E-state index in [0.29, 0.717) is 17.8 Å². The number of aryl methyl sites for hydroxylation is 3. The molecule has 3 rings (SSSR count). The van der Waals surface area contributed by atoms with E-state index in [4.69, 9.17) is 0 Å². The Bertz CT molecular complexity index is 1150. The van der Waals surface area contributed by atoms with Crippen LogP contribution >= 0.6 is 0 Å². The van der Waals surface area contributed by atoms with E-state index in [1.165, 1.54) is 5.56 Å². The number of ketones is 2. The molecule has 1 aliphatic rings. The van der Waals surface area contributed by atoms with Gasteiger partial charge in [0, 0.05) is 34.7 Å². The number of hydrogen-bond donors (Lipinski definition) is 1. The van der Waals surface area contributed by atoms with Gasteiger partial charge in [-0.2, -0.15) is 0 Å². The minimum atomic E-state index is -3.36. The van der Waals surface area contributed by atoms with Gasteiger partial charge in [-0.1, -0.05) is 31.5 Å². The van der Waals surface area contributed by atoms with Crippen molar-refractivity contribution in [2.24, 2.45) is 11.3 Å². The summed E-state index contributed by atoms with van der Waals surface area (Å²) in [4.78, 5) is 28.7. The molecule has 0 atom stereocenters. The average molecular weight is 485 g/mol. The summed E-state index contributed by atoms with van der Waals surface area (Å²) in [6.45, 7) is 12.1. The van der Waals surface area contributed by atoms with E-state index in [9.17, 15) is 18.0 Å². The summed E-state index contributed by atoms with van der Waals surface area (Å²) >= 11 is 0. The van der Waals surface area contributed by atoms with Crippen LogP contribution in [0, 0.1) is 32.1 Å². The fourth-order valence-electron chi connectivity index (χ4n) is 5.05. The number of nitrogens with one attached hydrogen (secondary N) is 1. The molecular weight excluding hydrogens is 448 g/mol. The van der Waals surface area contributed by atoms with Gasteiger partial charge in [0.25, 0.3) is 0 Å². The quantitative estimate of drug-likeness (QED) is 0.545. The van der Waals surface area contributed by atoms with Gasteiger partial charge in [-0.15, -0.1) is 0 Å². The highest BCUT2D eigenvalue weighted by Crippen LogP contribution is 2.30. The summed E-state index contributed by atoms with van der Waals surface area (Å²) in [5.74, 6) is 0.278. The Morgan fingerprint density at radius 3 is 2.03 bits per heavy atom. The summed E-state index contributed by atoms with van der Waals surface area (Å²) in [6, 6.07) is 10.7. The number of hydrogen-bond acceptors (Lipinski definition) is 5. The Hall–Kier alpha value is -2.51. The minimum Gasteiger partial charge on any atom is -0.302 e. The monoisotopic (exact) mass is 484 g/mol. The predicted molar refractivity (Wildman–Crippen MR) is 137 cm³/mol. The summed E-state index contributed by atoms with van der Waals surface area (Å²) in [6.07, 6.45) is 2.68. The molecule has 0 aromatic heterocycles. The van der Waals surface area contributed by atoms with Crippen molar-refractivity contribution < 1.29 is 18.0 Å². The van der Waals surface area contributed by atoms with E-state index in [-0.39, 0.29) is 17.5 Å². The van der Waals surface area contributed by atoms with Crippen LogP contribution in [-0.2, 0) is 10.0 Å². The van der Waals surface area contributed by atoms with Gasteiger partial charge < -0.3 is 4.90 Å². The van der Waals surface area contributed by atoms with Gasteiger partial charge in [0.15, 0.2) is 11.6 Å². The molecule has 0 bridgehead atoms. The minimum absolute atomic E-state index is 0.0162. The van der Waals surface area contributed by atoms with Crippen LogP contribution in [0.1, 0.15) is 64.1 Å². The molecule has 2 aromatic carbocycles. The number of benzene rings is 2. The third kappa shape index (κ3) is 6.33. The van der Waals surface area contributed by atoms with E-state index in [1.54, 1.807) is 24.3 Å². The number of Topliss-reactive ketones (excluding diaryl/α,β-unsaturated/α-hetero) is 2. The predicted octanol–water partition coefficient (Wildman–Crippen LogP) is 4.79. The van der Waals surface area contributed by atoms with Crippen LogP contribution in [0.2, 0.25) is 0 Å². The first kappa shape index (κ1) is 26.1. The van der Waals surface area contributed by atoms with Crippen LogP contribution in [0.25, 0.3) is 0 Å². The van der Waals surface area contributed by atoms with Crippen LogP contribution in [0.15, 0.2) is 36.4 Å². The maximum atomic E-state index is 13.2. The third-order valence-electron chi connectivity index (χ3n) is 6.57. The van der Waals surface area contributed by atoms with Crippen LogP contribution < -0.4 is 4.72 Å². The Labute approximate surface area is 203 Å². The second-order valence-corrected chi connectivity index (χ2v) is 12.1. The zero-order chi connectivity index (χ0) is 25.3. The maximum absolute atomic E-state index is 13.2. The van der Waals surface area contributed by atoms with E-state index in [1.807, 2.05) is 27.7 Å². The number of piperidine rings is 1. The number of carbonyl (C=O) groups excluding carboxylic acids is 2. The largest absolute Gasteiger partial charge is 0.302 e. The molecule has 2 aromatic rings. The van der Waals surface area contributed by atoms with Gasteiger partial charge in [0.2, 0.25) is 10.0 Å². The number of carbonyl (C=O) groups is 2. The normalized spacial score (nSPS) is 15.8. The second kappa shape index (κ2) is 10.0. The third-order valence-corrected chi connectivity index (χ3v) is 7.17. The molecule has 1 saturated heterocycles. The summed E-state index contributed by atoms with van der Waals surface area (Å²) in [5.41, 5.74) is 4.53. The van der Waals surface area contributed by atoms with Crippen molar-refractivity contribution in [3.63, 3.8) is 0 Å². The molecule has 0 saturated carbocycles. The van der Waals surface area contributed by atoms with Crippen molar-refractivity contribution in [2.75, 3.05) is 30.6 Å². The van der Waals surface area contributed by atoms with Crippen molar-refractivity contribution in [1.29, 1.82) is 0 Å². The second-order valence-electron chi connectivity index (χ2n) is 10.4. The Kier molecular flexibility index (Phi) is 7.68. The lowest BCUT2D eigenvalue weighted by Gasteiger charge is -2.36. The lowest BCUT2D eigenvalue weighted by molar-refractivity contribution is 0.0677. The first-order valence-electron chi connectivity index (χ1n) is 11.7. The fraction of sp³-hybridized carbons (Fsp3) is 0.481. The number of likely N-dealkylation sites (tertiary alicyclic amines) is 1. The van der Waals surface area contributed by atoms with Gasteiger partial charge >= 0.3 is 0 Å². The van der Waals surface area contributed by atoms with Gasteiger partial charge in [-0.3, -0.25) is 14.3 Å². The number of anilines is 1. The summed E-state index contributed by atoms with van der Waals surface area (Å²) < 4.78 is 25.2. The molecule has 34 heavy (non-hydrogen) atoms. The SMILES string of the molecule is Cc1cc(C)c(C(=O)C2CCN(CC(C)(C)C(=O)c3ccc(NS(C)(=O)=O)cc3)CC2)c(C)c1. The molecule has 0 amide bonds. The fourth-order valence-corrected chi connectivity index (χ4v) is 5.62. The molecule has 7 heteroatoms. The topological polar surface area (TPSA) is 83.6 Å². The number of rotatable bonds is 8. The zero-order valence-electron chi connectivity index (χ0n) is 21.1. The van der Waals surface area contributed by atoms with Crippen molar-refractivity contribution in [2.45, 2.75) is 47.5 Å². The van der Waals surface area contributed by atoms with E-state index < -0.39 is 15.4 Å². The number of sulfonamides is 1. The van der Waals surface area contributed by atoms with Crippen molar-refractivity contribution in [1.82, 2.24) is 4.90 Å². The molecule has 1 N–H and O–H groups in total. The highest BCUT2D eigenvalue weighted by atomic mass is 32.2. The molecular formula is C27H36N2O4S. The molecule has 0 aliphatic carbocycles. The van der Waals surface area contributed by atoms with Crippen LogP contribution in [0.5, 0.6) is 0 Å². The van der Waals surface area contributed by atoms with Gasteiger partial charge in [-0.25, -0.2) is 8.42 Å². The smallest absolute Gasteiger partial charge is 0.229 e. The van der Waals surface area contributed by atoms with Gasteiger partial charge in [0.1, 0.15) is 0 Å². The van der Waals surface area contributed by atoms with Crippen LogP contribution in [0.3, 0.4) is 0 Å². The van der Waals surface area contributed by atoms with E-state index in [0.717, 1.165) is 48.9 Å². The van der Waals surface area contributed by atoms with Gasteiger partial charge in [0.05, 0.1) is 6.26 Å². The molecule has 0 radical (unpaired) electrons. The first-order chi connectivity index (χ1) is 15.8. The lowest BCUT2D eigenvalue weighted by Crippen LogP contribution is -2.44. The highest BCUT2D eigenvalue weighted by Gasteiger charge is 2.34. The molecule has 184 valence electrons. The first-order valence-corrected chi connectivity index (χ1v) is 13.6. The molecule has 0 unspecified atom stereocenters. The maximum Gasteiger partial charge on any atom is 0.229 e. The molecule has 1 aliphatic heterocycles. The summed E-state index contributed by atoms with van der Waals surface area (Å²) in [7, 11) is -3.36. The van der Waals surface area contributed by atoms with Crippen LogP contribution in [-0.4, -0.2) is 50.8 Å². The van der Waals surface area contributed by atoms with E-state index in [2.05, 4.69) is 28.7 Å².